The van der Waals surface area contributed by atoms with Crippen LogP contribution in [-0.4, -0.2) is 25.7 Å². The van der Waals surface area contributed by atoms with Gasteiger partial charge in [0.1, 0.15) is 0 Å². The first-order valence-corrected chi connectivity index (χ1v) is 5.44. The third-order valence-corrected chi connectivity index (χ3v) is 3.02. The van der Waals surface area contributed by atoms with Crippen molar-refractivity contribution < 1.29 is 4.79 Å². The maximum atomic E-state index is 10.6. The summed E-state index contributed by atoms with van der Waals surface area (Å²) in [5, 5.41) is 6.07. The largest absolute Gasteiger partial charge is 0.352 e. The van der Waals surface area contributed by atoms with Gasteiger partial charge in [-0.25, -0.2) is 4.79 Å². The van der Waals surface area contributed by atoms with Gasteiger partial charge >= 0.3 is 6.03 Å². The summed E-state index contributed by atoms with van der Waals surface area (Å²) in [6.45, 7) is 5.13. The molecule has 0 aromatic carbocycles. The number of rotatable bonds is 3. The molecule has 2 amide bonds. The van der Waals surface area contributed by atoms with E-state index in [2.05, 4.69) is 17.6 Å². The van der Waals surface area contributed by atoms with Crippen LogP contribution in [0.1, 0.15) is 26.2 Å². The third-order valence-electron chi connectivity index (χ3n) is 3.02. The summed E-state index contributed by atoms with van der Waals surface area (Å²) in [7, 11) is 0. The molecule has 0 aliphatic carbocycles. The van der Waals surface area contributed by atoms with E-state index in [1.54, 1.807) is 0 Å². The Kier molecular flexibility index (Phi) is 4.73. The number of carbonyl (C=O) groups excluding carboxylic acids is 1. The molecule has 82 valence electrons. The van der Waals surface area contributed by atoms with Gasteiger partial charge < -0.3 is 16.4 Å². The maximum absolute atomic E-state index is 10.6. The fourth-order valence-corrected chi connectivity index (χ4v) is 2.04. The van der Waals surface area contributed by atoms with Gasteiger partial charge in [0, 0.05) is 6.54 Å². The molecule has 1 aliphatic heterocycles. The molecule has 2 unspecified atom stereocenters. The van der Waals surface area contributed by atoms with Crippen molar-refractivity contribution in [3.8, 4) is 0 Å². The number of urea groups is 1. The Hall–Kier alpha value is -0.770. The maximum Gasteiger partial charge on any atom is 0.312 e. The van der Waals surface area contributed by atoms with Crippen molar-refractivity contribution in [3.05, 3.63) is 0 Å². The molecule has 0 bridgehead atoms. The van der Waals surface area contributed by atoms with E-state index in [0.717, 1.165) is 19.0 Å². The van der Waals surface area contributed by atoms with E-state index in [1.807, 2.05) is 0 Å². The summed E-state index contributed by atoms with van der Waals surface area (Å²) < 4.78 is 0. The molecule has 4 heteroatoms. The predicted octanol–water partition coefficient (Wildman–Crippen LogP) is 0.680. The van der Waals surface area contributed by atoms with Gasteiger partial charge in [0.2, 0.25) is 0 Å². The van der Waals surface area contributed by atoms with Crippen molar-refractivity contribution in [1.82, 2.24) is 10.6 Å². The number of hydrogen-bond donors (Lipinski definition) is 3. The smallest absolute Gasteiger partial charge is 0.312 e. The van der Waals surface area contributed by atoms with E-state index < -0.39 is 6.03 Å². The summed E-state index contributed by atoms with van der Waals surface area (Å²) in [5.74, 6) is 1.25. The van der Waals surface area contributed by atoms with E-state index in [9.17, 15) is 4.79 Å². The molecule has 1 saturated heterocycles. The molecule has 0 aromatic heterocycles. The fraction of sp³-hybridized carbons (Fsp3) is 0.900. The Morgan fingerprint density at radius 2 is 2.36 bits per heavy atom. The first-order valence-electron chi connectivity index (χ1n) is 5.44. The van der Waals surface area contributed by atoms with Gasteiger partial charge in [0.15, 0.2) is 0 Å². The summed E-state index contributed by atoms with van der Waals surface area (Å²) in [5.41, 5.74) is 5.04. The molecule has 1 heterocycles. The van der Waals surface area contributed by atoms with Crippen LogP contribution in [0.2, 0.25) is 0 Å². The lowest BCUT2D eigenvalue weighted by Crippen LogP contribution is -2.35. The van der Waals surface area contributed by atoms with Crippen molar-refractivity contribution >= 4 is 6.03 Å². The fourth-order valence-electron chi connectivity index (χ4n) is 2.04. The number of amides is 2. The molecule has 0 spiro atoms. The standard InChI is InChI=1S/C10H21N3O/c1-8(7-13-10(11)14)9-3-2-5-12-6-4-9/h8-9,12H,2-7H2,1H3,(H3,11,13,14). The Labute approximate surface area is 85.6 Å². The molecule has 1 aliphatic rings. The van der Waals surface area contributed by atoms with Crippen molar-refractivity contribution in [3.63, 3.8) is 0 Å². The summed E-state index contributed by atoms with van der Waals surface area (Å²) >= 11 is 0. The molecule has 4 N–H and O–H groups in total. The quantitative estimate of drug-likeness (QED) is 0.625. The number of hydrogen-bond acceptors (Lipinski definition) is 2. The lowest BCUT2D eigenvalue weighted by Gasteiger charge is -2.21. The molecule has 2 atom stereocenters. The topological polar surface area (TPSA) is 67.1 Å². The van der Waals surface area contributed by atoms with Crippen molar-refractivity contribution in [2.45, 2.75) is 26.2 Å². The molecule has 14 heavy (non-hydrogen) atoms. The van der Waals surface area contributed by atoms with Gasteiger partial charge in [0.05, 0.1) is 0 Å². The highest BCUT2D eigenvalue weighted by atomic mass is 16.2. The first kappa shape index (κ1) is 11.3. The van der Waals surface area contributed by atoms with Crippen LogP contribution in [0.5, 0.6) is 0 Å². The van der Waals surface area contributed by atoms with Crippen LogP contribution in [0.4, 0.5) is 4.79 Å². The van der Waals surface area contributed by atoms with Gasteiger partial charge in [-0.05, 0) is 44.2 Å². The van der Waals surface area contributed by atoms with Gasteiger partial charge in [-0.3, -0.25) is 0 Å². The number of carbonyl (C=O) groups is 1. The molecule has 0 saturated carbocycles. The zero-order chi connectivity index (χ0) is 10.4. The predicted molar refractivity (Wildman–Crippen MR) is 57.0 cm³/mol. The Morgan fingerprint density at radius 3 is 3.07 bits per heavy atom. The Morgan fingerprint density at radius 1 is 1.57 bits per heavy atom. The van der Waals surface area contributed by atoms with Crippen LogP contribution in [0.25, 0.3) is 0 Å². The van der Waals surface area contributed by atoms with Crippen LogP contribution in [0, 0.1) is 11.8 Å². The van der Waals surface area contributed by atoms with Gasteiger partial charge in [-0.15, -0.1) is 0 Å². The van der Waals surface area contributed by atoms with Crippen molar-refractivity contribution in [2.24, 2.45) is 17.6 Å². The van der Waals surface area contributed by atoms with E-state index >= 15 is 0 Å². The number of primary amides is 1. The van der Waals surface area contributed by atoms with Crippen LogP contribution in [-0.2, 0) is 0 Å². The SMILES string of the molecule is CC(CNC(N)=O)C1CCCNCC1. The second-order valence-electron chi connectivity index (χ2n) is 4.16. The molecular formula is C10H21N3O. The van der Waals surface area contributed by atoms with E-state index in [4.69, 9.17) is 5.73 Å². The van der Waals surface area contributed by atoms with Crippen LogP contribution >= 0.6 is 0 Å². The zero-order valence-electron chi connectivity index (χ0n) is 8.88. The minimum absolute atomic E-state index is 0.413. The molecule has 1 fully saturated rings. The second-order valence-corrected chi connectivity index (χ2v) is 4.16. The van der Waals surface area contributed by atoms with Crippen LogP contribution in [0.15, 0.2) is 0 Å². The van der Waals surface area contributed by atoms with Crippen LogP contribution < -0.4 is 16.4 Å². The minimum Gasteiger partial charge on any atom is -0.352 e. The number of nitrogens with one attached hydrogen (secondary N) is 2. The molecule has 4 nitrogen and oxygen atoms in total. The summed E-state index contributed by atoms with van der Waals surface area (Å²) in [6, 6.07) is -0.413. The first-order chi connectivity index (χ1) is 6.70. The van der Waals surface area contributed by atoms with E-state index in [0.29, 0.717) is 12.5 Å². The highest BCUT2D eigenvalue weighted by Gasteiger charge is 2.18. The van der Waals surface area contributed by atoms with Crippen molar-refractivity contribution in [2.75, 3.05) is 19.6 Å². The third kappa shape index (κ3) is 3.96. The summed E-state index contributed by atoms with van der Waals surface area (Å²) in [4.78, 5) is 10.6. The average molecular weight is 199 g/mol. The van der Waals surface area contributed by atoms with Gasteiger partial charge in [0.25, 0.3) is 0 Å². The Balaban J connectivity index is 2.26. The average Bonchev–Trinajstić information content (AvgIpc) is 2.42. The summed E-state index contributed by atoms with van der Waals surface area (Å²) in [6.07, 6.45) is 3.71. The zero-order valence-corrected chi connectivity index (χ0v) is 8.88. The highest BCUT2D eigenvalue weighted by molar-refractivity contribution is 5.71. The lowest BCUT2D eigenvalue weighted by molar-refractivity contribution is 0.242. The van der Waals surface area contributed by atoms with Crippen molar-refractivity contribution in [1.29, 1.82) is 0 Å². The monoisotopic (exact) mass is 199 g/mol. The molecule has 1 rings (SSSR count). The molecular weight excluding hydrogens is 178 g/mol. The number of nitrogens with two attached hydrogens (primary N) is 1. The van der Waals surface area contributed by atoms with Gasteiger partial charge in [-0.2, -0.15) is 0 Å². The van der Waals surface area contributed by atoms with Crippen LogP contribution in [0.3, 0.4) is 0 Å². The normalized spacial score (nSPS) is 25.1. The highest BCUT2D eigenvalue weighted by Crippen LogP contribution is 2.21. The van der Waals surface area contributed by atoms with E-state index in [-0.39, 0.29) is 0 Å². The Bertz CT molecular complexity index is 176. The second kappa shape index (κ2) is 5.86. The van der Waals surface area contributed by atoms with Gasteiger partial charge in [-0.1, -0.05) is 6.92 Å². The minimum atomic E-state index is -0.413. The van der Waals surface area contributed by atoms with E-state index in [1.165, 1.54) is 19.3 Å². The molecule has 0 aromatic rings. The molecule has 0 radical (unpaired) electrons. The lowest BCUT2D eigenvalue weighted by atomic mass is 9.88.